The minimum atomic E-state index is -4.47. The average molecular weight is 504 g/mol. The van der Waals surface area contributed by atoms with Crippen LogP contribution < -0.4 is 5.32 Å². The van der Waals surface area contributed by atoms with E-state index in [1.54, 1.807) is 25.3 Å². The minimum absolute atomic E-state index is 0.0355. The molecule has 1 atom stereocenters. The number of anilines is 1. The van der Waals surface area contributed by atoms with Gasteiger partial charge in [-0.05, 0) is 70.0 Å². The van der Waals surface area contributed by atoms with Gasteiger partial charge in [-0.25, -0.2) is 4.68 Å². The highest BCUT2D eigenvalue weighted by atomic mass is 35.5. The van der Waals surface area contributed by atoms with E-state index in [0.717, 1.165) is 48.2 Å². The lowest BCUT2D eigenvalue weighted by molar-refractivity contribution is -0.141. The van der Waals surface area contributed by atoms with Crippen LogP contribution in [-0.4, -0.2) is 29.3 Å². The summed E-state index contributed by atoms with van der Waals surface area (Å²) >= 11 is 6.44. The van der Waals surface area contributed by atoms with E-state index in [9.17, 15) is 13.2 Å². The largest absolute Gasteiger partial charge is 0.435 e. The first-order valence-electron chi connectivity index (χ1n) is 11.4. The minimum Gasteiger partial charge on any atom is -0.377 e. The fourth-order valence-corrected chi connectivity index (χ4v) is 4.72. The van der Waals surface area contributed by atoms with Gasteiger partial charge in [-0.3, -0.25) is 9.36 Å². The molecule has 1 unspecified atom stereocenters. The van der Waals surface area contributed by atoms with E-state index in [1.807, 2.05) is 35.3 Å². The fourth-order valence-electron chi connectivity index (χ4n) is 4.49. The van der Waals surface area contributed by atoms with Crippen LogP contribution in [0.2, 0.25) is 5.02 Å². The number of hydrogen-bond donors (Lipinski definition) is 1. The summed E-state index contributed by atoms with van der Waals surface area (Å²) < 4.78 is 44.2. The third kappa shape index (κ3) is 4.42. The topological polar surface area (TPSA) is 65.5 Å². The Morgan fingerprint density at radius 1 is 1.11 bits per heavy atom. The molecule has 4 aromatic rings. The van der Waals surface area contributed by atoms with Gasteiger partial charge in [0.1, 0.15) is 11.4 Å². The summed E-state index contributed by atoms with van der Waals surface area (Å²) in [4.78, 5) is 0. The first kappa shape index (κ1) is 23.5. The van der Waals surface area contributed by atoms with Gasteiger partial charge in [0.2, 0.25) is 0 Å². The van der Waals surface area contributed by atoms with Crippen molar-refractivity contribution in [1.82, 2.24) is 29.3 Å². The Labute approximate surface area is 205 Å². The number of fused-ring (bicyclic) bond motifs is 1. The van der Waals surface area contributed by atoms with Crippen molar-refractivity contribution in [3.05, 3.63) is 64.7 Å². The van der Waals surface area contributed by atoms with Crippen molar-refractivity contribution in [2.75, 3.05) is 5.32 Å². The molecule has 0 saturated heterocycles. The molecule has 11 heteroatoms. The molecule has 0 aliphatic carbocycles. The van der Waals surface area contributed by atoms with E-state index >= 15 is 0 Å². The van der Waals surface area contributed by atoms with Crippen LogP contribution in [0.15, 0.2) is 42.6 Å². The summed E-state index contributed by atoms with van der Waals surface area (Å²) in [5, 5.41) is 17.0. The molecule has 3 aromatic heterocycles. The molecular weight excluding hydrogens is 479 g/mol. The van der Waals surface area contributed by atoms with Crippen LogP contribution in [0.25, 0.3) is 17.1 Å². The maximum atomic E-state index is 13.0. The number of alkyl halides is 3. The molecule has 184 valence electrons. The molecule has 1 aliphatic heterocycles. The number of aryl methyl sites for hydroxylation is 2. The normalized spacial score (nSPS) is 16.1. The summed E-state index contributed by atoms with van der Waals surface area (Å²) in [6, 6.07) is 10.5. The summed E-state index contributed by atoms with van der Waals surface area (Å²) in [5.41, 5.74) is 3.59. The van der Waals surface area contributed by atoms with E-state index in [2.05, 4.69) is 21.6 Å². The second kappa shape index (κ2) is 8.75. The molecule has 4 heterocycles. The highest BCUT2D eigenvalue weighted by molar-refractivity contribution is 6.32. The molecule has 1 aliphatic rings. The molecule has 5 rings (SSSR count). The van der Waals surface area contributed by atoms with E-state index < -0.39 is 11.9 Å². The van der Waals surface area contributed by atoms with Crippen molar-refractivity contribution < 1.29 is 13.2 Å². The van der Waals surface area contributed by atoms with Crippen molar-refractivity contribution in [3.8, 4) is 17.1 Å². The van der Waals surface area contributed by atoms with Gasteiger partial charge >= 0.3 is 6.18 Å². The predicted molar refractivity (Wildman–Crippen MR) is 128 cm³/mol. The molecule has 1 aromatic carbocycles. The molecule has 0 spiro atoms. The number of aromatic nitrogens is 6. The van der Waals surface area contributed by atoms with Crippen LogP contribution in [0.4, 0.5) is 18.9 Å². The predicted octanol–water partition coefficient (Wildman–Crippen LogP) is 6.44. The second-order valence-electron chi connectivity index (χ2n) is 9.02. The zero-order valence-electron chi connectivity index (χ0n) is 19.5. The van der Waals surface area contributed by atoms with Gasteiger partial charge in [0, 0.05) is 24.0 Å². The lowest BCUT2D eigenvalue weighted by atomic mass is 10.0. The zero-order chi connectivity index (χ0) is 24.9. The summed E-state index contributed by atoms with van der Waals surface area (Å²) in [6.07, 6.45) is -0.937. The van der Waals surface area contributed by atoms with Gasteiger partial charge in [-0.2, -0.15) is 28.5 Å². The van der Waals surface area contributed by atoms with Crippen LogP contribution >= 0.6 is 11.6 Å². The number of nitrogens with one attached hydrogen (secondary N) is 1. The molecule has 7 nitrogen and oxygen atoms in total. The molecule has 0 saturated carbocycles. The maximum Gasteiger partial charge on any atom is 0.435 e. The molecule has 1 N–H and O–H groups in total. The third-order valence-electron chi connectivity index (χ3n) is 6.14. The quantitative estimate of drug-likeness (QED) is 0.340. The number of rotatable bonds is 5. The van der Waals surface area contributed by atoms with Gasteiger partial charge in [0.05, 0.1) is 28.6 Å². The van der Waals surface area contributed by atoms with E-state index in [1.165, 1.54) is 4.68 Å². The number of nitrogens with zero attached hydrogens (tertiary/aromatic N) is 6. The standard InChI is InChI=1S/C24H25ClF3N7/c1-14(2)34-23(18(25)13-29-34)20-12-21-19(5-4-10-33(21)31-20)30-16-6-8-17(9-7-16)35-15(3)11-22(32-35)24(26,27)28/h6-9,11-14,19,30H,4-5,10H2,1-3H3. The monoisotopic (exact) mass is 503 g/mol. The first-order valence-corrected chi connectivity index (χ1v) is 11.8. The number of halogens is 4. The SMILES string of the molecule is Cc1cc(C(F)(F)F)nn1-c1ccc(NC2CCCn3nc(-c4c(Cl)cnn4C(C)C)cc32)cc1. The van der Waals surface area contributed by atoms with Gasteiger partial charge < -0.3 is 5.32 Å². The van der Waals surface area contributed by atoms with Crippen molar-refractivity contribution in [2.45, 2.75) is 58.4 Å². The molecular formula is C24H25ClF3N7. The van der Waals surface area contributed by atoms with Crippen molar-refractivity contribution in [1.29, 1.82) is 0 Å². The number of hydrogen-bond acceptors (Lipinski definition) is 4. The Kier molecular flexibility index (Phi) is 5.86. The lowest BCUT2D eigenvalue weighted by Gasteiger charge is -2.25. The Morgan fingerprint density at radius 3 is 2.51 bits per heavy atom. The van der Waals surface area contributed by atoms with Gasteiger partial charge in [0.25, 0.3) is 0 Å². The highest BCUT2D eigenvalue weighted by Gasteiger charge is 2.34. The van der Waals surface area contributed by atoms with Crippen LogP contribution in [-0.2, 0) is 12.7 Å². The highest BCUT2D eigenvalue weighted by Crippen LogP contribution is 2.35. The Morgan fingerprint density at radius 2 is 1.86 bits per heavy atom. The van der Waals surface area contributed by atoms with Crippen LogP contribution in [0, 0.1) is 6.92 Å². The van der Waals surface area contributed by atoms with Crippen molar-refractivity contribution >= 4 is 17.3 Å². The van der Waals surface area contributed by atoms with Gasteiger partial charge in [-0.15, -0.1) is 0 Å². The molecule has 0 amide bonds. The fraction of sp³-hybridized carbons (Fsp3) is 0.375. The van der Waals surface area contributed by atoms with Gasteiger partial charge in [0.15, 0.2) is 5.69 Å². The summed E-state index contributed by atoms with van der Waals surface area (Å²) in [5.74, 6) is 0. The zero-order valence-corrected chi connectivity index (χ0v) is 20.3. The van der Waals surface area contributed by atoms with E-state index in [0.29, 0.717) is 16.4 Å². The Balaban J connectivity index is 1.39. The molecule has 0 fully saturated rings. The number of benzene rings is 1. The smallest absolute Gasteiger partial charge is 0.377 e. The summed E-state index contributed by atoms with van der Waals surface area (Å²) in [6.45, 7) is 6.52. The lowest BCUT2D eigenvalue weighted by Crippen LogP contribution is -2.21. The van der Waals surface area contributed by atoms with E-state index in [4.69, 9.17) is 16.7 Å². The van der Waals surface area contributed by atoms with Crippen molar-refractivity contribution in [3.63, 3.8) is 0 Å². The van der Waals surface area contributed by atoms with E-state index in [-0.39, 0.29) is 12.1 Å². The first-order chi connectivity index (χ1) is 16.6. The second-order valence-corrected chi connectivity index (χ2v) is 9.43. The Bertz CT molecular complexity index is 1350. The molecule has 0 radical (unpaired) electrons. The van der Waals surface area contributed by atoms with Crippen LogP contribution in [0.1, 0.15) is 55.9 Å². The van der Waals surface area contributed by atoms with Crippen molar-refractivity contribution in [2.24, 2.45) is 0 Å². The maximum absolute atomic E-state index is 13.0. The average Bonchev–Trinajstić information content (AvgIpc) is 3.50. The van der Waals surface area contributed by atoms with Gasteiger partial charge in [-0.1, -0.05) is 11.6 Å². The Hall–Kier alpha value is -3.27. The summed E-state index contributed by atoms with van der Waals surface area (Å²) in [7, 11) is 0. The van der Waals surface area contributed by atoms with Crippen LogP contribution in [0.5, 0.6) is 0 Å². The molecule has 0 bridgehead atoms. The van der Waals surface area contributed by atoms with Crippen LogP contribution in [0.3, 0.4) is 0 Å². The molecule has 35 heavy (non-hydrogen) atoms. The third-order valence-corrected chi connectivity index (χ3v) is 6.42.